The molecule has 0 spiro atoms. The molecule has 0 bridgehead atoms. The van der Waals surface area contributed by atoms with Crippen molar-refractivity contribution < 1.29 is 0 Å². The van der Waals surface area contributed by atoms with Crippen LogP contribution in [0.25, 0.3) is 0 Å². The van der Waals surface area contributed by atoms with E-state index in [2.05, 4.69) is 52.8 Å². The largest absolute Gasteiger partial charge is 0.330 e. The molecule has 0 amide bonds. The second-order valence-corrected chi connectivity index (χ2v) is 6.15. The third-order valence-electron chi connectivity index (χ3n) is 3.52. The van der Waals surface area contributed by atoms with Crippen LogP contribution >= 0.6 is 0 Å². The Morgan fingerprint density at radius 1 is 1.24 bits per heavy atom. The molecule has 0 saturated heterocycles. The van der Waals surface area contributed by atoms with Crippen LogP contribution in [0.5, 0.6) is 0 Å². The van der Waals surface area contributed by atoms with E-state index in [9.17, 15) is 0 Å². The van der Waals surface area contributed by atoms with E-state index < -0.39 is 0 Å². The van der Waals surface area contributed by atoms with Crippen LogP contribution in [-0.4, -0.2) is 6.54 Å². The fourth-order valence-corrected chi connectivity index (χ4v) is 2.22. The summed E-state index contributed by atoms with van der Waals surface area (Å²) >= 11 is 0. The molecule has 0 aliphatic heterocycles. The average molecular weight is 233 g/mol. The highest BCUT2D eigenvalue weighted by molar-refractivity contribution is 5.36. The Bertz CT molecular complexity index is 360. The number of rotatable bonds is 4. The lowest BCUT2D eigenvalue weighted by molar-refractivity contribution is 0.584. The highest BCUT2D eigenvalue weighted by Gasteiger charge is 2.16. The first-order valence-electron chi connectivity index (χ1n) is 6.67. The van der Waals surface area contributed by atoms with Crippen LogP contribution in [0.3, 0.4) is 0 Å². The second-order valence-electron chi connectivity index (χ2n) is 6.15. The van der Waals surface area contributed by atoms with Crippen molar-refractivity contribution in [3.05, 3.63) is 34.9 Å². The van der Waals surface area contributed by atoms with E-state index in [1.54, 1.807) is 0 Å². The molecule has 2 N–H and O–H groups in total. The molecule has 1 atom stereocenters. The topological polar surface area (TPSA) is 26.0 Å². The molecule has 1 heteroatoms. The lowest BCUT2D eigenvalue weighted by atomic mass is 9.82. The first-order chi connectivity index (χ1) is 7.86. The Hall–Kier alpha value is -0.820. The van der Waals surface area contributed by atoms with E-state index in [1.165, 1.54) is 23.1 Å². The zero-order valence-corrected chi connectivity index (χ0v) is 12.0. The standard InChI is InChI=1S/C16H27N/c1-12(7-6-10-17)15-11-14(16(3,4)5)9-8-13(15)2/h8-9,11-12H,6-7,10,17H2,1-5H3. The van der Waals surface area contributed by atoms with Crippen LogP contribution < -0.4 is 5.73 Å². The second kappa shape index (κ2) is 5.68. The molecular formula is C16H27N. The van der Waals surface area contributed by atoms with Gasteiger partial charge in [-0.1, -0.05) is 45.9 Å². The Labute approximate surface area is 106 Å². The summed E-state index contributed by atoms with van der Waals surface area (Å²) in [7, 11) is 0. The smallest absolute Gasteiger partial charge is 0.00771 e. The SMILES string of the molecule is Cc1ccc(C(C)(C)C)cc1C(C)CCCN. The van der Waals surface area contributed by atoms with Gasteiger partial charge in [0.25, 0.3) is 0 Å². The Balaban J connectivity index is 2.98. The van der Waals surface area contributed by atoms with E-state index >= 15 is 0 Å². The van der Waals surface area contributed by atoms with Gasteiger partial charge in [0.1, 0.15) is 0 Å². The summed E-state index contributed by atoms with van der Waals surface area (Å²) in [5.41, 5.74) is 10.1. The summed E-state index contributed by atoms with van der Waals surface area (Å²) in [4.78, 5) is 0. The van der Waals surface area contributed by atoms with Gasteiger partial charge in [-0.2, -0.15) is 0 Å². The summed E-state index contributed by atoms with van der Waals surface area (Å²) in [6, 6.07) is 6.90. The van der Waals surface area contributed by atoms with Gasteiger partial charge < -0.3 is 5.73 Å². The predicted molar refractivity (Wildman–Crippen MR) is 76.6 cm³/mol. The summed E-state index contributed by atoms with van der Waals surface area (Å²) in [5, 5.41) is 0. The molecule has 1 unspecified atom stereocenters. The molecule has 0 fully saturated rings. The fraction of sp³-hybridized carbons (Fsp3) is 0.625. The molecule has 96 valence electrons. The molecule has 0 radical (unpaired) electrons. The van der Waals surface area contributed by atoms with Gasteiger partial charge in [0.15, 0.2) is 0 Å². The zero-order chi connectivity index (χ0) is 13.1. The van der Waals surface area contributed by atoms with E-state index in [0.717, 1.165) is 13.0 Å². The molecular weight excluding hydrogens is 206 g/mol. The van der Waals surface area contributed by atoms with Gasteiger partial charge in [-0.3, -0.25) is 0 Å². The zero-order valence-electron chi connectivity index (χ0n) is 12.0. The van der Waals surface area contributed by atoms with Crippen LogP contribution in [-0.2, 0) is 5.41 Å². The van der Waals surface area contributed by atoms with Gasteiger partial charge in [0, 0.05) is 0 Å². The molecule has 1 nitrogen and oxygen atoms in total. The van der Waals surface area contributed by atoms with Gasteiger partial charge in [0.05, 0.1) is 0 Å². The van der Waals surface area contributed by atoms with Crippen LogP contribution in [0.2, 0.25) is 0 Å². The Morgan fingerprint density at radius 2 is 1.88 bits per heavy atom. The molecule has 0 heterocycles. The fourth-order valence-electron chi connectivity index (χ4n) is 2.22. The minimum absolute atomic E-state index is 0.232. The Morgan fingerprint density at radius 3 is 2.41 bits per heavy atom. The average Bonchev–Trinajstić information content (AvgIpc) is 2.24. The highest BCUT2D eigenvalue weighted by atomic mass is 14.5. The summed E-state index contributed by atoms with van der Waals surface area (Å²) in [5.74, 6) is 0.612. The predicted octanol–water partition coefficient (Wildman–Crippen LogP) is 4.13. The van der Waals surface area contributed by atoms with E-state index in [0.29, 0.717) is 5.92 Å². The summed E-state index contributed by atoms with van der Waals surface area (Å²) < 4.78 is 0. The Kier molecular flexibility index (Phi) is 4.76. The maximum Gasteiger partial charge on any atom is -0.00771 e. The number of benzene rings is 1. The van der Waals surface area contributed by atoms with Gasteiger partial charge in [0.2, 0.25) is 0 Å². The summed E-state index contributed by atoms with van der Waals surface area (Å²) in [6.07, 6.45) is 2.30. The number of aryl methyl sites for hydroxylation is 1. The molecule has 0 aliphatic carbocycles. The van der Waals surface area contributed by atoms with Crippen LogP contribution in [0.15, 0.2) is 18.2 Å². The van der Waals surface area contributed by atoms with Crippen molar-refractivity contribution in [2.75, 3.05) is 6.54 Å². The van der Waals surface area contributed by atoms with Crippen LogP contribution in [0, 0.1) is 6.92 Å². The summed E-state index contributed by atoms with van der Waals surface area (Å²) in [6.45, 7) is 12.1. The lowest BCUT2D eigenvalue weighted by Gasteiger charge is -2.23. The quantitative estimate of drug-likeness (QED) is 0.831. The molecule has 0 aromatic heterocycles. The molecule has 1 aromatic carbocycles. The number of hydrogen-bond donors (Lipinski definition) is 1. The normalized spacial score (nSPS) is 13.8. The van der Waals surface area contributed by atoms with Gasteiger partial charge in [-0.05, 0) is 54.3 Å². The lowest BCUT2D eigenvalue weighted by Crippen LogP contribution is -2.12. The van der Waals surface area contributed by atoms with E-state index in [1.807, 2.05) is 0 Å². The molecule has 1 rings (SSSR count). The monoisotopic (exact) mass is 233 g/mol. The minimum Gasteiger partial charge on any atom is -0.330 e. The van der Waals surface area contributed by atoms with Crippen molar-refractivity contribution >= 4 is 0 Å². The van der Waals surface area contributed by atoms with Crippen LogP contribution in [0.4, 0.5) is 0 Å². The molecule has 1 aromatic rings. The third-order valence-corrected chi connectivity index (χ3v) is 3.52. The van der Waals surface area contributed by atoms with Gasteiger partial charge >= 0.3 is 0 Å². The van der Waals surface area contributed by atoms with Crippen molar-refractivity contribution in [1.29, 1.82) is 0 Å². The van der Waals surface area contributed by atoms with Crippen molar-refractivity contribution in [1.82, 2.24) is 0 Å². The van der Waals surface area contributed by atoms with Crippen molar-refractivity contribution in [2.24, 2.45) is 5.73 Å². The number of nitrogens with two attached hydrogens (primary N) is 1. The van der Waals surface area contributed by atoms with E-state index in [4.69, 9.17) is 5.73 Å². The first-order valence-corrected chi connectivity index (χ1v) is 6.67. The number of hydrogen-bond acceptors (Lipinski definition) is 1. The van der Waals surface area contributed by atoms with Crippen molar-refractivity contribution in [3.63, 3.8) is 0 Å². The van der Waals surface area contributed by atoms with Crippen molar-refractivity contribution in [3.8, 4) is 0 Å². The molecule has 0 aliphatic rings. The molecule has 0 saturated carbocycles. The van der Waals surface area contributed by atoms with Gasteiger partial charge in [-0.25, -0.2) is 0 Å². The van der Waals surface area contributed by atoms with E-state index in [-0.39, 0.29) is 5.41 Å². The molecule has 17 heavy (non-hydrogen) atoms. The maximum absolute atomic E-state index is 5.59. The third kappa shape index (κ3) is 3.85. The first kappa shape index (κ1) is 14.2. The van der Waals surface area contributed by atoms with Gasteiger partial charge in [-0.15, -0.1) is 0 Å². The van der Waals surface area contributed by atoms with Crippen molar-refractivity contribution in [2.45, 2.75) is 58.8 Å². The maximum atomic E-state index is 5.59. The highest BCUT2D eigenvalue weighted by Crippen LogP contribution is 2.29. The minimum atomic E-state index is 0.232. The van der Waals surface area contributed by atoms with Crippen LogP contribution in [0.1, 0.15) is 63.1 Å².